The zero-order valence-corrected chi connectivity index (χ0v) is 33.3. The van der Waals surface area contributed by atoms with Crippen LogP contribution in [-0.4, -0.2) is 45.0 Å². The molecule has 0 fully saturated rings. The number of ether oxygens (including phenoxy) is 1. The molecule has 0 aliphatic heterocycles. The van der Waals surface area contributed by atoms with E-state index in [1.807, 2.05) is 33.8 Å². The Morgan fingerprint density at radius 1 is 0.698 bits per heavy atom. The lowest BCUT2D eigenvalue weighted by Crippen LogP contribution is -2.10. The average Bonchev–Trinajstić information content (AvgIpc) is 3.10. The van der Waals surface area contributed by atoms with Gasteiger partial charge in [0, 0.05) is 50.1 Å². The molecule has 276 valence electrons. The van der Waals surface area contributed by atoms with Crippen LogP contribution in [0.1, 0.15) is 38.8 Å². The lowest BCUT2D eigenvalue weighted by Gasteiger charge is -2.16. The second-order valence-corrected chi connectivity index (χ2v) is 15.3. The van der Waals surface area contributed by atoms with E-state index >= 15 is 0 Å². The highest BCUT2D eigenvalue weighted by Crippen LogP contribution is 2.32. The molecule has 0 amide bonds. The van der Waals surface area contributed by atoms with Crippen molar-refractivity contribution in [2.75, 3.05) is 10.6 Å². The first-order valence-electron chi connectivity index (χ1n) is 16.2. The normalized spacial score (nSPS) is 10.6. The average molecular weight is 874 g/mol. The summed E-state index contributed by atoms with van der Waals surface area (Å²) in [6, 6.07) is 12.0. The van der Waals surface area contributed by atoms with Crippen molar-refractivity contribution in [1.29, 1.82) is 0 Å². The summed E-state index contributed by atoms with van der Waals surface area (Å²) in [4.78, 5) is 24.9. The third-order valence-electron chi connectivity index (χ3n) is 6.77. The molecule has 15 heteroatoms. The number of hydrogen-bond acceptors (Lipinski definition) is 10. The number of rotatable bonds is 8. The molecule has 0 bridgehead atoms. The van der Waals surface area contributed by atoms with E-state index < -0.39 is 11.6 Å². The first kappa shape index (κ1) is 41.0. The monoisotopic (exact) mass is 872 g/mol. The van der Waals surface area contributed by atoms with Gasteiger partial charge >= 0.3 is 0 Å². The maximum Gasteiger partial charge on any atom is 0.180 e. The highest BCUT2D eigenvalue weighted by Gasteiger charge is 2.16. The molecular weight excluding hydrogens is 836 g/mol. The highest BCUT2D eigenvalue weighted by atomic mass is 127. The van der Waals surface area contributed by atoms with Gasteiger partial charge in [0.25, 0.3) is 0 Å². The highest BCUT2D eigenvalue weighted by molar-refractivity contribution is 14.1. The predicted octanol–water partition coefficient (Wildman–Crippen LogP) is 11.1. The Hall–Kier alpha value is -4.73. The summed E-state index contributed by atoms with van der Waals surface area (Å²) in [5.74, 6) is 0.340. The van der Waals surface area contributed by atoms with Gasteiger partial charge in [-0.25, -0.2) is 28.7 Å². The number of hydrogen-bond donors (Lipinski definition) is 3. The lowest BCUT2D eigenvalue weighted by atomic mass is 10.2. The number of benzene rings is 2. The van der Waals surface area contributed by atoms with Gasteiger partial charge in [0.2, 0.25) is 0 Å². The molecule has 53 heavy (non-hydrogen) atoms. The fraction of sp³-hybridized carbons (Fsp3) is 0.211. The van der Waals surface area contributed by atoms with Crippen LogP contribution in [0.3, 0.4) is 0 Å². The van der Waals surface area contributed by atoms with Crippen LogP contribution in [-0.2, 0) is 0 Å². The van der Waals surface area contributed by atoms with Crippen molar-refractivity contribution >= 4 is 68.8 Å². The maximum atomic E-state index is 14.2. The van der Waals surface area contributed by atoms with Gasteiger partial charge in [0.05, 0.1) is 29.6 Å². The molecule has 2 aromatic carbocycles. The zero-order valence-electron chi connectivity index (χ0n) is 29.7. The van der Waals surface area contributed by atoms with Gasteiger partial charge in [-0.05, 0) is 87.4 Å². The molecule has 3 N–H and O–H groups in total. The fourth-order valence-corrected chi connectivity index (χ4v) is 4.69. The predicted molar refractivity (Wildman–Crippen MR) is 216 cm³/mol. The Balaban J connectivity index is 0.000000216. The molecule has 0 spiro atoms. The van der Waals surface area contributed by atoms with E-state index in [0.29, 0.717) is 21.6 Å². The number of aromatic hydroxyl groups is 1. The van der Waals surface area contributed by atoms with Gasteiger partial charge in [0.15, 0.2) is 34.8 Å². The van der Waals surface area contributed by atoms with Gasteiger partial charge in [-0.2, -0.15) is 0 Å². The SMILES string of the molecule is CC(C)I.Cc1cnccc1Nc1nc(-c2cc(Cl)ccc2F)ncc1O.Cc1cnccc1Nc1nc(-c2cc(Cl)ccc2F)ncc1OC(C)C. The van der Waals surface area contributed by atoms with Crippen LogP contribution >= 0.6 is 45.8 Å². The Morgan fingerprint density at radius 2 is 1.15 bits per heavy atom. The Kier molecular flexibility index (Phi) is 15.0. The minimum atomic E-state index is -0.494. The van der Waals surface area contributed by atoms with Crippen molar-refractivity contribution in [1.82, 2.24) is 29.9 Å². The fourth-order valence-electron chi connectivity index (χ4n) is 4.35. The van der Waals surface area contributed by atoms with Crippen molar-refractivity contribution in [2.45, 2.75) is 51.6 Å². The molecule has 0 saturated carbocycles. The third kappa shape index (κ3) is 12.2. The van der Waals surface area contributed by atoms with E-state index in [1.165, 1.54) is 48.8 Å². The van der Waals surface area contributed by atoms with Gasteiger partial charge < -0.3 is 20.5 Å². The number of pyridine rings is 2. The molecule has 0 aliphatic rings. The molecule has 0 aliphatic carbocycles. The van der Waals surface area contributed by atoms with Crippen LogP contribution in [0.15, 0.2) is 85.7 Å². The summed E-state index contributed by atoms with van der Waals surface area (Å²) in [6.07, 6.45) is 9.39. The third-order valence-corrected chi connectivity index (χ3v) is 7.24. The quantitative estimate of drug-likeness (QED) is 0.100. The van der Waals surface area contributed by atoms with E-state index in [9.17, 15) is 13.9 Å². The molecule has 0 atom stereocenters. The van der Waals surface area contributed by atoms with Crippen molar-refractivity contribution in [3.8, 4) is 34.3 Å². The zero-order chi connectivity index (χ0) is 38.7. The minimum Gasteiger partial charge on any atom is -0.503 e. The molecule has 4 heterocycles. The van der Waals surface area contributed by atoms with Gasteiger partial charge in [-0.1, -0.05) is 59.6 Å². The van der Waals surface area contributed by atoms with E-state index in [4.69, 9.17) is 27.9 Å². The lowest BCUT2D eigenvalue weighted by molar-refractivity contribution is 0.242. The number of nitrogens with one attached hydrogen (secondary N) is 2. The standard InChI is InChI=1S/C19H18ClFN4O.C16H12ClFN4O.C3H7I/c1-11(2)26-17-10-23-18(14-8-13(20)4-5-15(14)21)25-19(17)24-16-6-7-22-9-12(16)3;1-9-7-19-5-4-13(9)21-16-14(23)8-20-15(22-16)11-6-10(17)2-3-12(11)18;1-3(2)4/h4-11H,1-3H3,(H,22,23,24,25);2-8,23H,1H3,(H,19,20,21,22);3H,1-2H3. The van der Waals surface area contributed by atoms with Crippen LogP contribution in [0.5, 0.6) is 11.5 Å². The van der Waals surface area contributed by atoms with Crippen molar-refractivity contribution in [3.63, 3.8) is 0 Å². The Labute approximate surface area is 330 Å². The van der Waals surface area contributed by atoms with Crippen LogP contribution < -0.4 is 15.4 Å². The molecule has 6 rings (SSSR count). The largest absolute Gasteiger partial charge is 0.503 e. The van der Waals surface area contributed by atoms with E-state index in [-0.39, 0.29) is 40.4 Å². The maximum absolute atomic E-state index is 14.2. The number of anilines is 4. The van der Waals surface area contributed by atoms with Crippen molar-refractivity contribution in [3.05, 3.63) is 119 Å². The molecule has 4 aromatic heterocycles. The Morgan fingerprint density at radius 3 is 1.62 bits per heavy atom. The number of aromatic nitrogens is 6. The summed E-state index contributed by atoms with van der Waals surface area (Å²) < 4.78 is 34.7. The van der Waals surface area contributed by atoms with Gasteiger partial charge in [0.1, 0.15) is 11.6 Å². The topological polar surface area (TPSA) is 131 Å². The summed E-state index contributed by atoms with van der Waals surface area (Å²) in [5, 5.41) is 16.9. The number of nitrogens with zero attached hydrogens (tertiary/aromatic N) is 6. The van der Waals surface area contributed by atoms with E-state index in [0.717, 1.165) is 26.4 Å². The molecular formula is C38H37Cl2F2IN8O2. The second kappa shape index (κ2) is 19.4. The molecule has 6 aromatic rings. The van der Waals surface area contributed by atoms with Gasteiger partial charge in [-0.3, -0.25) is 9.97 Å². The summed E-state index contributed by atoms with van der Waals surface area (Å²) in [5.41, 5.74) is 3.75. The van der Waals surface area contributed by atoms with E-state index in [1.54, 1.807) is 30.9 Å². The summed E-state index contributed by atoms with van der Waals surface area (Å²) in [6.45, 7) is 11.9. The number of halogens is 5. The van der Waals surface area contributed by atoms with Crippen molar-refractivity contribution < 1.29 is 18.6 Å². The molecule has 10 nitrogen and oxygen atoms in total. The first-order valence-corrected chi connectivity index (χ1v) is 18.2. The minimum absolute atomic E-state index is 0.0635. The second-order valence-electron chi connectivity index (χ2n) is 11.9. The smallest absolute Gasteiger partial charge is 0.180 e. The Bertz CT molecular complexity index is 2160. The van der Waals surface area contributed by atoms with Crippen LogP contribution in [0.2, 0.25) is 10.0 Å². The molecule has 0 radical (unpaired) electrons. The summed E-state index contributed by atoms with van der Waals surface area (Å²) >= 11 is 14.2. The van der Waals surface area contributed by atoms with E-state index in [2.05, 4.69) is 77.0 Å². The summed E-state index contributed by atoms with van der Waals surface area (Å²) in [7, 11) is 0. The number of aryl methyl sites for hydroxylation is 2. The molecule has 0 saturated heterocycles. The van der Waals surface area contributed by atoms with Gasteiger partial charge in [-0.15, -0.1) is 0 Å². The number of alkyl halides is 1. The van der Waals surface area contributed by atoms with Crippen molar-refractivity contribution in [2.24, 2.45) is 0 Å². The first-order chi connectivity index (χ1) is 25.2. The van der Waals surface area contributed by atoms with Crippen LogP contribution in [0, 0.1) is 25.5 Å². The molecule has 0 unspecified atom stereocenters. The van der Waals surface area contributed by atoms with Crippen LogP contribution in [0.25, 0.3) is 22.8 Å². The van der Waals surface area contributed by atoms with Crippen LogP contribution in [0.4, 0.5) is 31.8 Å².